The van der Waals surface area contributed by atoms with Gasteiger partial charge in [-0.05, 0) is 30.2 Å². The maximum atomic E-state index is 12.4. The van der Waals surface area contributed by atoms with Crippen molar-refractivity contribution in [1.29, 1.82) is 0 Å². The molecule has 0 unspecified atom stereocenters. The van der Waals surface area contributed by atoms with Crippen molar-refractivity contribution < 1.29 is 4.79 Å². The van der Waals surface area contributed by atoms with Gasteiger partial charge in [-0.2, -0.15) is 10.2 Å². The number of aromatic nitrogens is 5. The fourth-order valence-electron chi connectivity index (χ4n) is 3.10. The lowest BCUT2D eigenvalue weighted by Gasteiger charge is -2.04. The van der Waals surface area contributed by atoms with Gasteiger partial charge in [-0.25, -0.2) is 10.1 Å². The molecule has 0 spiro atoms. The van der Waals surface area contributed by atoms with E-state index in [0.717, 1.165) is 27.7 Å². The van der Waals surface area contributed by atoms with Crippen LogP contribution >= 0.6 is 23.4 Å². The first-order chi connectivity index (χ1) is 16.0. The zero-order chi connectivity index (χ0) is 23.2. The van der Waals surface area contributed by atoms with Gasteiger partial charge in [0.15, 0.2) is 5.16 Å². The van der Waals surface area contributed by atoms with Crippen molar-refractivity contribution in [3.63, 3.8) is 0 Å². The lowest BCUT2D eigenvalue weighted by molar-refractivity contribution is 0.0955. The van der Waals surface area contributed by atoms with Crippen LogP contribution in [0.5, 0.6) is 0 Å². The monoisotopic (exact) mass is 479 g/mol. The highest BCUT2D eigenvalue weighted by atomic mass is 35.5. The Morgan fingerprint density at radius 3 is 2.61 bits per heavy atom. The molecule has 1 N–H and O–H groups in total. The highest BCUT2D eigenvalue weighted by Crippen LogP contribution is 2.21. The molecule has 4 aromatic rings. The molecule has 0 bridgehead atoms. The normalized spacial score (nSPS) is 11.2. The summed E-state index contributed by atoms with van der Waals surface area (Å²) in [5.74, 6) is 0.432. The number of amides is 1. The van der Waals surface area contributed by atoms with Crippen LogP contribution in [0.15, 0.2) is 71.2 Å². The number of carbonyl (C=O) groups is 1. The number of hydrazone groups is 1. The first kappa shape index (κ1) is 22.8. The highest BCUT2D eigenvalue weighted by molar-refractivity contribution is 7.98. The summed E-state index contributed by atoms with van der Waals surface area (Å²) < 4.78 is 3.58. The summed E-state index contributed by atoms with van der Waals surface area (Å²) in [6.07, 6.45) is 3.19. The largest absolute Gasteiger partial charge is 0.312 e. The van der Waals surface area contributed by atoms with Gasteiger partial charge in [0.25, 0.3) is 5.91 Å². The topological polar surface area (TPSA) is 90.0 Å². The van der Waals surface area contributed by atoms with Crippen molar-refractivity contribution in [1.82, 2.24) is 30.0 Å². The Morgan fingerprint density at radius 1 is 1.15 bits per heavy atom. The Hall–Kier alpha value is -3.43. The summed E-state index contributed by atoms with van der Waals surface area (Å²) in [6.45, 7) is 2.41. The molecule has 0 saturated carbocycles. The van der Waals surface area contributed by atoms with Gasteiger partial charge < -0.3 is 4.57 Å². The number of halogens is 1. The average Bonchev–Trinajstić information content (AvgIpc) is 3.35. The fourth-order valence-corrected chi connectivity index (χ4v) is 4.23. The minimum atomic E-state index is -0.302. The molecule has 168 valence electrons. The molecule has 0 aliphatic carbocycles. The van der Waals surface area contributed by atoms with E-state index in [1.54, 1.807) is 34.9 Å². The Bertz CT molecular complexity index is 1270. The summed E-state index contributed by atoms with van der Waals surface area (Å²) in [5, 5.41) is 17.8. The van der Waals surface area contributed by atoms with Crippen molar-refractivity contribution in [3.8, 4) is 0 Å². The molecule has 2 aromatic heterocycles. The zero-order valence-electron chi connectivity index (χ0n) is 18.1. The predicted molar refractivity (Wildman–Crippen MR) is 130 cm³/mol. The number of rotatable bonds is 8. The molecule has 1 amide bonds. The van der Waals surface area contributed by atoms with Crippen molar-refractivity contribution in [2.75, 3.05) is 0 Å². The summed E-state index contributed by atoms with van der Waals surface area (Å²) >= 11 is 8.07. The van der Waals surface area contributed by atoms with Crippen molar-refractivity contribution >= 4 is 35.5 Å². The van der Waals surface area contributed by atoms with Crippen LogP contribution in [0.3, 0.4) is 0 Å². The Kier molecular flexibility index (Phi) is 7.21. The number of benzene rings is 2. The first-order valence-electron chi connectivity index (χ1n) is 10.2. The molecule has 0 saturated heterocycles. The Balaban J connectivity index is 1.34. The molecular weight excluding hydrogens is 458 g/mol. The smallest absolute Gasteiger partial charge is 0.271 e. The number of thioether (sulfide) groups is 1. The van der Waals surface area contributed by atoms with Crippen LogP contribution in [0.25, 0.3) is 0 Å². The van der Waals surface area contributed by atoms with Gasteiger partial charge >= 0.3 is 0 Å². The maximum absolute atomic E-state index is 12.4. The number of carbonyl (C=O) groups excluding carboxylic acids is 1. The van der Waals surface area contributed by atoms with Gasteiger partial charge in [0, 0.05) is 18.4 Å². The zero-order valence-corrected chi connectivity index (χ0v) is 19.7. The molecule has 8 nitrogen and oxygen atoms in total. The van der Waals surface area contributed by atoms with Gasteiger partial charge in [-0.15, -0.1) is 10.2 Å². The number of nitrogens with one attached hydrogen (secondary N) is 1. The van der Waals surface area contributed by atoms with Crippen LogP contribution in [0.4, 0.5) is 0 Å². The standard InChI is InChI=1S/C23H22ClN7OS/c1-16-20(21(24)31(29-16)13-17-6-4-3-5-7-17)12-25-27-22(32)19-10-8-18(9-11-19)14-33-23-28-26-15-30(23)2/h3-12,15H,13-14H2,1-2H3,(H,27,32)/b25-12-. The van der Waals surface area contributed by atoms with Crippen LogP contribution < -0.4 is 5.43 Å². The van der Waals surface area contributed by atoms with E-state index in [0.29, 0.717) is 22.8 Å². The summed E-state index contributed by atoms with van der Waals surface area (Å²) in [6, 6.07) is 17.3. The van der Waals surface area contributed by atoms with Crippen LogP contribution in [0.1, 0.15) is 32.7 Å². The second kappa shape index (κ2) is 10.5. The lowest BCUT2D eigenvalue weighted by Crippen LogP contribution is -2.17. The third kappa shape index (κ3) is 5.68. The minimum Gasteiger partial charge on any atom is -0.312 e. The van der Waals surface area contributed by atoms with E-state index in [1.807, 2.05) is 61.0 Å². The Labute approximate surface area is 200 Å². The highest BCUT2D eigenvalue weighted by Gasteiger charge is 2.12. The molecule has 10 heteroatoms. The summed E-state index contributed by atoms with van der Waals surface area (Å²) in [7, 11) is 1.90. The average molecular weight is 480 g/mol. The van der Waals surface area contributed by atoms with E-state index in [1.165, 1.54) is 6.21 Å². The van der Waals surface area contributed by atoms with E-state index >= 15 is 0 Å². The van der Waals surface area contributed by atoms with E-state index in [4.69, 9.17) is 11.6 Å². The van der Waals surface area contributed by atoms with Crippen LogP contribution in [0.2, 0.25) is 5.15 Å². The van der Waals surface area contributed by atoms with Gasteiger partial charge in [-0.3, -0.25) is 4.79 Å². The fraction of sp³-hybridized carbons (Fsp3) is 0.174. The molecule has 0 radical (unpaired) electrons. The van der Waals surface area contributed by atoms with Crippen molar-refractivity contribution in [3.05, 3.63) is 94.0 Å². The third-order valence-electron chi connectivity index (χ3n) is 4.90. The summed E-state index contributed by atoms with van der Waals surface area (Å²) in [4.78, 5) is 12.4. The number of hydrogen-bond donors (Lipinski definition) is 1. The van der Waals surface area contributed by atoms with Crippen LogP contribution in [-0.2, 0) is 19.3 Å². The van der Waals surface area contributed by atoms with Gasteiger partial charge in [0.1, 0.15) is 11.5 Å². The maximum Gasteiger partial charge on any atom is 0.271 e. The molecule has 0 aliphatic heterocycles. The van der Waals surface area contributed by atoms with Gasteiger partial charge in [0.2, 0.25) is 0 Å². The van der Waals surface area contributed by atoms with Gasteiger partial charge in [-0.1, -0.05) is 65.8 Å². The van der Waals surface area contributed by atoms with Crippen molar-refractivity contribution in [2.45, 2.75) is 24.4 Å². The second-order valence-corrected chi connectivity index (χ2v) is 8.64. The minimum absolute atomic E-state index is 0.302. The number of hydrogen-bond acceptors (Lipinski definition) is 6. The van der Waals surface area contributed by atoms with E-state index in [-0.39, 0.29) is 5.91 Å². The quantitative estimate of drug-likeness (QED) is 0.233. The van der Waals surface area contributed by atoms with E-state index in [2.05, 4.69) is 25.8 Å². The number of nitrogens with zero attached hydrogens (tertiary/aromatic N) is 6. The Morgan fingerprint density at radius 2 is 1.91 bits per heavy atom. The lowest BCUT2D eigenvalue weighted by atomic mass is 10.1. The van der Waals surface area contributed by atoms with Crippen LogP contribution in [-0.4, -0.2) is 36.7 Å². The SMILES string of the molecule is Cc1nn(Cc2ccccc2)c(Cl)c1/C=N\NC(=O)c1ccc(CSc2nncn2C)cc1. The molecule has 0 aliphatic rings. The molecule has 2 heterocycles. The van der Waals surface area contributed by atoms with Gasteiger partial charge in [0.05, 0.1) is 24.0 Å². The molecule has 33 heavy (non-hydrogen) atoms. The first-order valence-corrected chi connectivity index (χ1v) is 11.5. The number of aryl methyl sites for hydroxylation is 2. The van der Waals surface area contributed by atoms with E-state index in [9.17, 15) is 4.79 Å². The molecule has 4 rings (SSSR count). The van der Waals surface area contributed by atoms with Crippen molar-refractivity contribution in [2.24, 2.45) is 12.1 Å². The van der Waals surface area contributed by atoms with E-state index < -0.39 is 0 Å². The third-order valence-corrected chi connectivity index (χ3v) is 6.40. The molecule has 0 fully saturated rings. The summed E-state index contributed by atoms with van der Waals surface area (Å²) in [5.41, 5.74) is 6.65. The molecular formula is C23H22ClN7OS. The second-order valence-electron chi connectivity index (χ2n) is 7.34. The predicted octanol–water partition coefficient (Wildman–Crippen LogP) is 4.08. The molecule has 0 atom stereocenters. The van der Waals surface area contributed by atoms with Crippen LogP contribution in [0, 0.1) is 6.92 Å². The molecule has 2 aromatic carbocycles.